The van der Waals surface area contributed by atoms with Crippen molar-refractivity contribution >= 4 is 5.91 Å². The number of carbonyl (C=O) groups is 1. The summed E-state index contributed by atoms with van der Waals surface area (Å²) in [5, 5.41) is 0. The topological polar surface area (TPSA) is 90.8 Å². The second-order valence-corrected chi connectivity index (χ2v) is 5.35. The monoisotopic (exact) mass is 287 g/mol. The van der Waals surface area contributed by atoms with Gasteiger partial charge in [-0.15, -0.1) is 0 Å². The first-order valence-corrected chi connectivity index (χ1v) is 7.51. The zero-order valence-corrected chi connectivity index (χ0v) is 12.8. The van der Waals surface area contributed by atoms with Crippen LogP contribution in [0.2, 0.25) is 0 Å². The highest BCUT2D eigenvalue weighted by Crippen LogP contribution is 2.38. The maximum Gasteiger partial charge on any atom is 0.239 e. The normalized spacial score (nSPS) is 18.2. The van der Waals surface area contributed by atoms with Gasteiger partial charge < -0.3 is 20.9 Å². The first-order chi connectivity index (χ1) is 9.54. The predicted molar refractivity (Wildman–Crippen MR) is 78.3 cm³/mol. The van der Waals surface area contributed by atoms with Crippen LogP contribution in [0.15, 0.2) is 0 Å². The number of hydrogen-bond acceptors (Lipinski definition) is 5. The van der Waals surface area contributed by atoms with E-state index in [0.717, 1.165) is 25.9 Å². The van der Waals surface area contributed by atoms with Crippen LogP contribution in [-0.4, -0.2) is 62.4 Å². The van der Waals surface area contributed by atoms with Crippen molar-refractivity contribution in [3.05, 3.63) is 0 Å². The molecule has 1 atom stereocenters. The Balaban J connectivity index is 2.53. The Bertz CT molecular complexity index is 287. The fourth-order valence-corrected chi connectivity index (χ4v) is 2.32. The minimum Gasteiger partial charge on any atom is -0.380 e. The Morgan fingerprint density at radius 3 is 2.05 bits per heavy atom. The SMILES string of the molecule is CCOCCN(CCOCC)CC(N)(C(N)=O)C1CC1. The summed E-state index contributed by atoms with van der Waals surface area (Å²) in [6, 6.07) is 0. The third-order valence-electron chi connectivity index (χ3n) is 3.76. The number of hydrogen-bond donors (Lipinski definition) is 2. The summed E-state index contributed by atoms with van der Waals surface area (Å²) in [6.45, 7) is 8.50. The Labute approximate surface area is 121 Å². The van der Waals surface area contributed by atoms with E-state index in [1.807, 2.05) is 13.8 Å². The number of rotatable bonds is 12. The molecule has 0 aliphatic heterocycles. The minimum absolute atomic E-state index is 0.224. The Morgan fingerprint density at radius 1 is 1.20 bits per heavy atom. The van der Waals surface area contributed by atoms with Crippen molar-refractivity contribution in [2.45, 2.75) is 32.2 Å². The van der Waals surface area contributed by atoms with E-state index < -0.39 is 11.4 Å². The molecule has 0 heterocycles. The molecule has 6 nitrogen and oxygen atoms in total. The Morgan fingerprint density at radius 2 is 1.70 bits per heavy atom. The molecule has 0 saturated heterocycles. The lowest BCUT2D eigenvalue weighted by molar-refractivity contribution is -0.124. The lowest BCUT2D eigenvalue weighted by atomic mass is 9.93. The number of amides is 1. The first-order valence-electron chi connectivity index (χ1n) is 7.51. The summed E-state index contributed by atoms with van der Waals surface area (Å²) in [5.41, 5.74) is 10.9. The molecule has 1 fully saturated rings. The number of ether oxygens (including phenoxy) is 2. The van der Waals surface area contributed by atoms with Gasteiger partial charge in [0.1, 0.15) is 5.54 Å². The van der Waals surface area contributed by atoms with E-state index in [1.54, 1.807) is 0 Å². The second kappa shape index (κ2) is 8.56. The van der Waals surface area contributed by atoms with Gasteiger partial charge in [-0.25, -0.2) is 0 Å². The van der Waals surface area contributed by atoms with Crippen LogP contribution in [0, 0.1) is 5.92 Å². The Kier molecular flexibility index (Phi) is 7.43. The molecule has 0 aromatic carbocycles. The van der Waals surface area contributed by atoms with Crippen LogP contribution in [-0.2, 0) is 14.3 Å². The van der Waals surface area contributed by atoms with Gasteiger partial charge in [-0.1, -0.05) is 0 Å². The summed E-state index contributed by atoms with van der Waals surface area (Å²) in [5.74, 6) is -0.181. The highest BCUT2D eigenvalue weighted by Gasteiger charge is 2.47. The first kappa shape index (κ1) is 17.4. The molecule has 20 heavy (non-hydrogen) atoms. The van der Waals surface area contributed by atoms with Crippen LogP contribution >= 0.6 is 0 Å². The van der Waals surface area contributed by atoms with Crippen molar-refractivity contribution in [3.8, 4) is 0 Å². The van der Waals surface area contributed by atoms with Crippen LogP contribution < -0.4 is 11.5 Å². The van der Waals surface area contributed by atoms with Gasteiger partial charge in [0.25, 0.3) is 0 Å². The van der Waals surface area contributed by atoms with Crippen molar-refractivity contribution in [2.75, 3.05) is 46.1 Å². The van der Waals surface area contributed by atoms with Crippen molar-refractivity contribution in [3.63, 3.8) is 0 Å². The largest absolute Gasteiger partial charge is 0.380 e. The van der Waals surface area contributed by atoms with E-state index in [2.05, 4.69) is 4.90 Å². The lowest BCUT2D eigenvalue weighted by Gasteiger charge is -2.33. The quantitative estimate of drug-likeness (QED) is 0.491. The van der Waals surface area contributed by atoms with Crippen molar-refractivity contribution in [2.24, 2.45) is 17.4 Å². The smallest absolute Gasteiger partial charge is 0.239 e. The van der Waals surface area contributed by atoms with E-state index in [4.69, 9.17) is 20.9 Å². The molecule has 1 saturated carbocycles. The van der Waals surface area contributed by atoms with Crippen LogP contribution in [0.4, 0.5) is 0 Å². The van der Waals surface area contributed by atoms with Crippen LogP contribution in [0.5, 0.6) is 0 Å². The molecule has 1 unspecified atom stereocenters. The van der Waals surface area contributed by atoms with E-state index in [9.17, 15) is 4.79 Å². The predicted octanol–water partition coefficient (Wildman–Crippen LogP) is -0.0458. The molecule has 6 heteroatoms. The number of primary amides is 1. The van der Waals surface area contributed by atoms with Gasteiger partial charge in [-0.2, -0.15) is 0 Å². The maximum atomic E-state index is 11.7. The summed E-state index contributed by atoms with van der Waals surface area (Å²) < 4.78 is 10.8. The van der Waals surface area contributed by atoms with Crippen molar-refractivity contribution in [1.29, 1.82) is 0 Å². The van der Waals surface area contributed by atoms with E-state index in [-0.39, 0.29) is 5.92 Å². The standard InChI is InChI=1S/C14H29N3O3/c1-3-19-9-7-17(8-10-20-4-2)11-14(16,13(15)18)12-5-6-12/h12H,3-11,16H2,1-2H3,(H2,15,18). The number of nitrogens with two attached hydrogens (primary N) is 2. The molecule has 118 valence electrons. The van der Waals surface area contributed by atoms with Crippen molar-refractivity contribution < 1.29 is 14.3 Å². The lowest BCUT2D eigenvalue weighted by Crippen LogP contribution is -2.61. The van der Waals surface area contributed by atoms with Gasteiger partial charge in [0.2, 0.25) is 5.91 Å². The van der Waals surface area contributed by atoms with Gasteiger partial charge in [0.05, 0.1) is 13.2 Å². The maximum absolute atomic E-state index is 11.7. The Hall–Kier alpha value is -0.690. The molecule has 0 aromatic rings. The summed E-state index contributed by atoms with van der Waals surface area (Å²) in [7, 11) is 0. The summed E-state index contributed by atoms with van der Waals surface area (Å²) in [4.78, 5) is 13.8. The molecule has 0 aromatic heterocycles. The molecular weight excluding hydrogens is 258 g/mol. The van der Waals surface area contributed by atoms with E-state index >= 15 is 0 Å². The van der Waals surface area contributed by atoms with Gasteiger partial charge in [0, 0.05) is 32.8 Å². The zero-order valence-electron chi connectivity index (χ0n) is 12.8. The molecule has 0 bridgehead atoms. The van der Waals surface area contributed by atoms with Gasteiger partial charge in [-0.3, -0.25) is 9.69 Å². The molecule has 0 radical (unpaired) electrons. The molecule has 4 N–H and O–H groups in total. The molecule has 1 aliphatic rings. The van der Waals surface area contributed by atoms with Crippen LogP contribution in [0.1, 0.15) is 26.7 Å². The molecule has 1 amide bonds. The molecule has 1 rings (SSSR count). The summed E-state index contributed by atoms with van der Waals surface area (Å²) in [6.07, 6.45) is 1.98. The van der Waals surface area contributed by atoms with Crippen LogP contribution in [0.25, 0.3) is 0 Å². The number of carbonyl (C=O) groups excluding carboxylic acids is 1. The van der Waals surface area contributed by atoms with Gasteiger partial charge in [-0.05, 0) is 32.6 Å². The third-order valence-corrected chi connectivity index (χ3v) is 3.76. The van der Waals surface area contributed by atoms with Gasteiger partial charge in [0.15, 0.2) is 0 Å². The second-order valence-electron chi connectivity index (χ2n) is 5.35. The zero-order chi connectivity index (χ0) is 15.0. The summed E-state index contributed by atoms with van der Waals surface area (Å²) >= 11 is 0. The third kappa shape index (κ3) is 5.36. The highest BCUT2D eigenvalue weighted by molar-refractivity contribution is 5.85. The fourth-order valence-electron chi connectivity index (χ4n) is 2.32. The van der Waals surface area contributed by atoms with Gasteiger partial charge >= 0.3 is 0 Å². The molecule has 0 spiro atoms. The van der Waals surface area contributed by atoms with Crippen LogP contribution in [0.3, 0.4) is 0 Å². The average molecular weight is 287 g/mol. The molecular formula is C14H29N3O3. The highest BCUT2D eigenvalue weighted by atomic mass is 16.5. The van der Waals surface area contributed by atoms with E-state index in [0.29, 0.717) is 33.0 Å². The molecule has 1 aliphatic carbocycles. The minimum atomic E-state index is -0.918. The van der Waals surface area contributed by atoms with E-state index in [1.165, 1.54) is 0 Å². The fraction of sp³-hybridized carbons (Fsp3) is 0.929. The number of nitrogens with zero attached hydrogens (tertiary/aromatic N) is 1. The van der Waals surface area contributed by atoms with Crippen molar-refractivity contribution in [1.82, 2.24) is 4.90 Å². The average Bonchev–Trinajstić information content (AvgIpc) is 3.23.